The van der Waals surface area contributed by atoms with Gasteiger partial charge in [-0.15, -0.1) is 0 Å². The summed E-state index contributed by atoms with van der Waals surface area (Å²) in [7, 11) is 0. The van der Waals surface area contributed by atoms with Crippen LogP contribution in [0.3, 0.4) is 0 Å². The van der Waals surface area contributed by atoms with E-state index in [1.54, 1.807) is 24.4 Å². The van der Waals surface area contributed by atoms with Crippen LogP contribution in [0.5, 0.6) is 5.75 Å². The number of nitrogens with one attached hydrogen (secondary N) is 2. The average Bonchev–Trinajstić information content (AvgIpc) is 3.42. The Kier molecular flexibility index (Phi) is 4.46. The number of halogens is 3. The predicted octanol–water partition coefficient (Wildman–Crippen LogP) is 5.01. The number of aromatic nitrogens is 1. The van der Waals surface area contributed by atoms with E-state index in [0.717, 1.165) is 23.0 Å². The van der Waals surface area contributed by atoms with Crippen molar-refractivity contribution in [3.63, 3.8) is 0 Å². The van der Waals surface area contributed by atoms with Crippen molar-refractivity contribution in [2.45, 2.75) is 25.6 Å². The minimum atomic E-state index is -4.37. The van der Waals surface area contributed by atoms with Crippen LogP contribution in [-0.2, 0) is 17.6 Å². The number of H-pyrrole nitrogens is 1. The number of hydrogen-bond acceptors (Lipinski definition) is 3. The molecule has 0 aliphatic heterocycles. The molecular formula is C21H16F3N3O2. The van der Waals surface area contributed by atoms with E-state index in [-0.39, 0.29) is 12.5 Å². The Morgan fingerprint density at radius 1 is 1.21 bits per heavy atom. The second-order valence-electron chi connectivity index (χ2n) is 7.04. The summed E-state index contributed by atoms with van der Waals surface area (Å²) in [6.45, 7) is 0.104. The molecule has 1 heterocycles. The molecule has 0 atom stereocenters. The molecule has 29 heavy (non-hydrogen) atoms. The van der Waals surface area contributed by atoms with Crippen LogP contribution in [0, 0.1) is 16.7 Å². The topological polar surface area (TPSA) is 77.9 Å². The Labute approximate surface area is 164 Å². The molecule has 0 spiro atoms. The zero-order valence-corrected chi connectivity index (χ0v) is 15.1. The molecule has 0 unspecified atom stereocenters. The molecule has 1 saturated carbocycles. The molecule has 1 aromatic heterocycles. The fourth-order valence-corrected chi connectivity index (χ4v) is 3.01. The SMILES string of the molecule is N#CC1(C(=O)Nc2c[nH]c3ccc(OCc4ccc(C(F)(F)F)cc4)cc23)CC1. The molecule has 0 saturated heterocycles. The van der Waals surface area contributed by atoms with Gasteiger partial charge in [-0.1, -0.05) is 12.1 Å². The van der Waals surface area contributed by atoms with Crippen molar-refractivity contribution in [2.24, 2.45) is 5.41 Å². The average molecular weight is 399 g/mol. The first-order valence-corrected chi connectivity index (χ1v) is 8.93. The van der Waals surface area contributed by atoms with Gasteiger partial charge in [0.05, 0.1) is 17.3 Å². The molecule has 3 aromatic rings. The van der Waals surface area contributed by atoms with Crippen LogP contribution >= 0.6 is 0 Å². The summed E-state index contributed by atoms with van der Waals surface area (Å²) in [5, 5.41) is 12.7. The van der Waals surface area contributed by atoms with Gasteiger partial charge >= 0.3 is 6.18 Å². The first kappa shape index (κ1) is 18.9. The van der Waals surface area contributed by atoms with Gasteiger partial charge in [0.1, 0.15) is 17.8 Å². The van der Waals surface area contributed by atoms with Crippen molar-refractivity contribution >= 4 is 22.5 Å². The first-order chi connectivity index (χ1) is 13.8. The highest BCUT2D eigenvalue weighted by molar-refractivity contribution is 6.05. The lowest BCUT2D eigenvalue weighted by molar-refractivity contribution is -0.137. The minimum Gasteiger partial charge on any atom is -0.489 e. The van der Waals surface area contributed by atoms with E-state index in [4.69, 9.17) is 10.00 Å². The lowest BCUT2D eigenvalue weighted by Gasteiger charge is -2.10. The molecule has 5 nitrogen and oxygen atoms in total. The van der Waals surface area contributed by atoms with Gasteiger partial charge < -0.3 is 15.0 Å². The van der Waals surface area contributed by atoms with Crippen LogP contribution in [-0.4, -0.2) is 10.9 Å². The van der Waals surface area contributed by atoms with Crippen LogP contribution < -0.4 is 10.1 Å². The van der Waals surface area contributed by atoms with Gasteiger partial charge in [0, 0.05) is 17.1 Å². The molecule has 2 N–H and O–H groups in total. The van der Waals surface area contributed by atoms with Crippen molar-refractivity contribution in [1.82, 2.24) is 4.98 Å². The van der Waals surface area contributed by atoms with E-state index in [9.17, 15) is 18.0 Å². The number of hydrogen-bond donors (Lipinski definition) is 2. The number of nitriles is 1. The van der Waals surface area contributed by atoms with Gasteiger partial charge in [-0.25, -0.2) is 0 Å². The number of ether oxygens (including phenoxy) is 1. The monoisotopic (exact) mass is 399 g/mol. The maximum absolute atomic E-state index is 12.6. The predicted molar refractivity (Wildman–Crippen MR) is 100.0 cm³/mol. The first-order valence-electron chi connectivity index (χ1n) is 8.93. The normalized spacial score (nSPS) is 15.0. The molecule has 1 fully saturated rings. The number of amides is 1. The van der Waals surface area contributed by atoms with E-state index >= 15 is 0 Å². The molecule has 148 valence electrons. The second kappa shape index (κ2) is 6.85. The molecule has 8 heteroatoms. The third-order valence-corrected chi connectivity index (χ3v) is 4.99. The number of carbonyl (C=O) groups excluding carboxylic acids is 1. The van der Waals surface area contributed by atoms with E-state index in [2.05, 4.69) is 16.4 Å². The quantitative estimate of drug-likeness (QED) is 0.633. The van der Waals surface area contributed by atoms with E-state index in [0.29, 0.717) is 29.8 Å². The van der Waals surface area contributed by atoms with Crippen LogP contribution in [0.4, 0.5) is 18.9 Å². The molecular weight excluding hydrogens is 383 g/mol. The Morgan fingerprint density at radius 2 is 1.93 bits per heavy atom. The zero-order valence-electron chi connectivity index (χ0n) is 15.1. The third-order valence-electron chi connectivity index (χ3n) is 4.99. The van der Waals surface area contributed by atoms with Gasteiger partial charge in [-0.3, -0.25) is 4.79 Å². The summed E-state index contributed by atoms with van der Waals surface area (Å²) in [6, 6.07) is 12.1. The summed E-state index contributed by atoms with van der Waals surface area (Å²) >= 11 is 0. The van der Waals surface area contributed by atoms with Crippen molar-refractivity contribution in [3.8, 4) is 11.8 Å². The van der Waals surface area contributed by atoms with Gasteiger partial charge in [-0.05, 0) is 48.7 Å². The maximum atomic E-state index is 12.6. The largest absolute Gasteiger partial charge is 0.489 e. The highest BCUT2D eigenvalue weighted by Gasteiger charge is 2.50. The van der Waals surface area contributed by atoms with Crippen molar-refractivity contribution in [2.75, 3.05) is 5.32 Å². The lowest BCUT2D eigenvalue weighted by Crippen LogP contribution is -2.22. The van der Waals surface area contributed by atoms with Crippen molar-refractivity contribution < 1.29 is 22.7 Å². The third kappa shape index (κ3) is 3.76. The van der Waals surface area contributed by atoms with Crippen LogP contribution in [0.15, 0.2) is 48.7 Å². The number of carbonyl (C=O) groups is 1. The van der Waals surface area contributed by atoms with Gasteiger partial charge in [0.25, 0.3) is 0 Å². The highest BCUT2D eigenvalue weighted by atomic mass is 19.4. The van der Waals surface area contributed by atoms with Crippen molar-refractivity contribution in [1.29, 1.82) is 5.26 Å². The van der Waals surface area contributed by atoms with E-state index < -0.39 is 17.2 Å². The molecule has 1 aliphatic rings. The number of anilines is 1. The number of fused-ring (bicyclic) bond motifs is 1. The Balaban J connectivity index is 1.47. The van der Waals surface area contributed by atoms with E-state index in [1.807, 2.05) is 0 Å². The lowest BCUT2D eigenvalue weighted by atomic mass is 10.1. The fraction of sp³-hybridized carbons (Fsp3) is 0.238. The summed E-state index contributed by atoms with van der Waals surface area (Å²) in [4.78, 5) is 15.3. The summed E-state index contributed by atoms with van der Waals surface area (Å²) in [5.74, 6) is 0.186. The van der Waals surface area contributed by atoms with E-state index in [1.165, 1.54) is 12.1 Å². The minimum absolute atomic E-state index is 0.104. The zero-order chi connectivity index (χ0) is 20.6. The molecule has 1 aliphatic carbocycles. The molecule has 1 amide bonds. The van der Waals surface area contributed by atoms with Crippen LogP contribution in [0.1, 0.15) is 24.0 Å². The summed E-state index contributed by atoms with van der Waals surface area (Å²) < 4.78 is 43.6. The Bertz CT molecular complexity index is 1110. The van der Waals surface area contributed by atoms with Gasteiger partial charge in [-0.2, -0.15) is 18.4 Å². The number of aromatic amines is 1. The number of rotatable bonds is 5. The molecule has 4 rings (SSSR count). The summed E-state index contributed by atoms with van der Waals surface area (Å²) in [6.07, 6.45) is -1.61. The molecule has 0 radical (unpaired) electrons. The maximum Gasteiger partial charge on any atom is 0.416 e. The highest BCUT2D eigenvalue weighted by Crippen LogP contribution is 2.46. The van der Waals surface area contributed by atoms with Crippen LogP contribution in [0.25, 0.3) is 10.9 Å². The smallest absolute Gasteiger partial charge is 0.416 e. The number of benzene rings is 2. The van der Waals surface area contributed by atoms with Crippen molar-refractivity contribution in [3.05, 3.63) is 59.8 Å². The fourth-order valence-electron chi connectivity index (χ4n) is 3.01. The van der Waals surface area contributed by atoms with Crippen LogP contribution in [0.2, 0.25) is 0 Å². The Morgan fingerprint density at radius 3 is 2.55 bits per heavy atom. The number of nitrogens with zero attached hydrogens (tertiary/aromatic N) is 1. The summed E-state index contributed by atoms with van der Waals surface area (Å²) in [5.41, 5.74) is 0.294. The second-order valence-corrected chi connectivity index (χ2v) is 7.04. The van der Waals surface area contributed by atoms with Gasteiger partial charge in [0.15, 0.2) is 0 Å². The van der Waals surface area contributed by atoms with Gasteiger partial charge in [0.2, 0.25) is 5.91 Å². The standard InChI is InChI=1S/C21H16F3N3O2/c22-21(23,24)14-3-1-13(2-4-14)11-29-15-5-6-17-16(9-15)18(10-26-17)27-19(28)20(12-25)7-8-20/h1-6,9-10,26H,7-8,11H2,(H,27,28). The molecule has 2 aromatic carbocycles. The Hall–Kier alpha value is -3.47. The number of alkyl halides is 3. The molecule has 0 bridgehead atoms.